The van der Waals surface area contributed by atoms with Crippen LogP contribution in [0.2, 0.25) is 0 Å². The normalized spacial score (nSPS) is 38.1. The lowest BCUT2D eigenvalue weighted by atomic mass is 9.81. The summed E-state index contributed by atoms with van der Waals surface area (Å²) in [5.74, 6) is -13.1. The predicted octanol–water partition coefficient (Wildman–Crippen LogP) is 4.14. The molecule has 1 saturated carbocycles. The van der Waals surface area contributed by atoms with Gasteiger partial charge in [0.05, 0.1) is 11.8 Å². The fourth-order valence-corrected chi connectivity index (χ4v) is 2.81. The molecule has 8 heteroatoms. The van der Waals surface area contributed by atoms with Gasteiger partial charge in [-0.1, -0.05) is 0 Å². The van der Waals surface area contributed by atoms with Gasteiger partial charge in [-0.05, 0) is 6.42 Å². The second-order valence-corrected chi connectivity index (χ2v) is 4.28. The molecule has 2 aliphatic rings. The number of alkyl halides is 6. The van der Waals surface area contributed by atoms with Crippen LogP contribution >= 0.6 is 0 Å². The van der Waals surface area contributed by atoms with Crippen LogP contribution in [0.3, 0.4) is 0 Å². The summed E-state index contributed by atoms with van der Waals surface area (Å²) in [6.07, 6.45) is -11.1. The van der Waals surface area contributed by atoms with Crippen molar-refractivity contribution in [3.8, 4) is 0 Å². The van der Waals surface area contributed by atoms with Crippen LogP contribution in [-0.4, -0.2) is 12.4 Å². The Kier molecular flexibility index (Phi) is 2.49. The zero-order valence-electron chi connectivity index (χ0n) is 8.04. The summed E-state index contributed by atoms with van der Waals surface area (Å²) in [7, 11) is 0. The molecule has 0 aliphatic heterocycles. The van der Waals surface area contributed by atoms with Gasteiger partial charge in [0.25, 0.3) is 0 Å². The topological polar surface area (TPSA) is 0 Å². The van der Waals surface area contributed by atoms with Crippen LogP contribution in [0.4, 0.5) is 35.1 Å². The molecule has 0 N–H and O–H groups in total. The Morgan fingerprint density at radius 3 is 1.24 bits per heavy atom. The second kappa shape index (κ2) is 3.35. The van der Waals surface area contributed by atoms with Gasteiger partial charge in [-0.2, -0.15) is 26.3 Å². The second-order valence-electron chi connectivity index (χ2n) is 4.28. The molecule has 4 unspecified atom stereocenters. The van der Waals surface area contributed by atoms with Gasteiger partial charge in [0.2, 0.25) is 0 Å². The minimum Gasteiger partial charge on any atom is -0.209 e. The molecule has 0 aromatic heterocycles. The van der Waals surface area contributed by atoms with E-state index in [4.69, 9.17) is 0 Å². The molecule has 0 aromatic carbocycles. The Hall–Kier alpha value is -0.820. The number of hydrogen-bond donors (Lipinski definition) is 0. The summed E-state index contributed by atoms with van der Waals surface area (Å²) in [6.45, 7) is 0. The maximum absolute atomic E-state index is 13.0. The smallest absolute Gasteiger partial charge is 0.209 e. The summed E-state index contributed by atoms with van der Waals surface area (Å²) in [5.41, 5.74) is 0. The van der Waals surface area contributed by atoms with E-state index >= 15 is 0 Å². The van der Waals surface area contributed by atoms with Crippen molar-refractivity contribution in [1.29, 1.82) is 0 Å². The average molecular weight is 266 g/mol. The summed E-state index contributed by atoms with van der Waals surface area (Å²) in [5, 5.41) is 0. The Labute approximate surface area is 90.3 Å². The van der Waals surface area contributed by atoms with Crippen molar-refractivity contribution >= 4 is 0 Å². The molecule has 1 fully saturated rings. The lowest BCUT2D eigenvalue weighted by Gasteiger charge is -2.32. The molecule has 0 heterocycles. The van der Waals surface area contributed by atoms with Crippen LogP contribution in [-0.2, 0) is 0 Å². The van der Waals surface area contributed by atoms with Gasteiger partial charge in [-0.25, -0.2) is 8.78 Å². The summed E-state index contributed by atoms with van der Waals surface area (Å²) >= 11 is 0. The van der Waals surface area contributed by atoms with E-state index in [1.807, 2.05) is 0 Å². The SMILES string of the molecule is FC1=C(F)C2CC1C(C(F)(F)F)C2C(F)(F)F. The highest BCUT2D eigenvalue weighted by atomic mass is 19.4. The first-order valence-electron chi connectivity index (χ1n) is 4.73. The van der Waals surface area contributed by atoms with Crippen molar-refractivity contribution < 1.29 is 35.1 Å². The first-order chi connectivity index (χ1) is 7.55. The van der Waals surface area contributed by atoms with Crippen molar-refractivity contribution in [2.45, 2.75) is 18.8 Å². The van der Waals surface area contributed by atoms with Gasteiger partial charge >= 0.3 is 12.4 Å². The van der Waals surface area contributed by atoms with Crippen LogP contribution in [0.25, 0.3) is 0 Å². The molecular weight excluding hydrogens is 260 g/mol. The molecule has 0 spiro atoms. The van der Waals surface area contributed by atoms with E-state index in [1.54, 1.807) is 0 Å². The van der Waals surface area contributed by atoms with Gasteiger partial charge in [-0.3, -0.25) is 0 Å². The fraction of sp³-hybridized carbons (Fsp3) is 0.778. The quantitative estimate of drug-likeness (QED) is 0.578. The van der Waals surface area contributed by atoms with Crippen LogP contribution in [0, 0.1) is 23.7 Å². The molecule has 0 saturated heterocycles. The minimum absolute atomic E-state index is 0.758. The van der Waals surface area contributed by atoms with Crippen LogP contribution < -0.4 is 0 Å². The summed E-state index contributed by atoms with van der Waals surface area (Å²) in [6, 6.07) is 0. The van der Waals surface area contributed by atoms with Crippen molar-refractivity contribution in [3.05, 3.63) is 11.7 Å². The third kappa shape index (κ3) is 1.72. The first-order valence-corrected chi connectivity index (χ1v) is 4.73. The zero-order chi connectivity index (χ0) is 13.2. The van der Waals surface area contributed by atoms with Crippen molar-refractivity contribution in [2.24, 2.45) is 23.7 Å². The van der Waals surface area contributed by atoms with Crippen LogP contribution in [0.1, 0.15) is 6.42 Å². The highest BCUT2D eigenvalue weighted by Crippen LogP contribution is 2.64. The zero-order valence-corrected chi connectivity index (χ0v) is 8.04. The summed E-state index contributed by atoms with van der Waals surface area (Å²) < 4.78 is 101. The van der Waals surface area contributed by atoms with Gasteiger partial charge < -0.3 is 0 Å². The molecule has 0 nitrogen and oxygen atoms in total. The summed E-state index contributed by atoms with van der Waals surface area (Å²) in [4.78, 5) is 0. The monoisotopic (exact) mass is 266 g/mol. The van der Waals surface area contributed by atoms with E-state index in [9.17, 15) is 35.1 Å². The third-order valence-electron chi connectivity index (χ3n) is 3.40. The van der Waals surface area contributed by atoms with Gasteiger partial charge in [0.15, 0.2) is 0 Å². The third-order valence-corrected chi connectivity index (χ3v) is 3.40. The first kappa shape index (κ1) is 12.6. The van der Waals surface area contributed by atoms with E-state index in [-0.39, 0.29) is 0 Å². The van der Waals surface area contributed by atoms with Crippen LogP contribution in [0.5, 0.6) is 0 Å². The molecule has 0 amide bonds. The lowest BCUT2D eigenvalue weighted by molar-refractivity contribution is -0.259. The van der Waals surface area contributed by atoms with Crippen molar-refractivity contribution in [3.63, 3.8) is 0 Å². The molecular formula is C9H6F8. The Morgan fingerprint density at radius 1 is 0.706 bits per heavy atom. The molecule has 0 radical (unpaired) electrons. The standard InChI is InChI=1S/C9H6F8/c10-6-2-1-3(7(6)11)5(9(15,16)17)4(2)8(12,13)14/h2-5H,1H2. The van der Waals surface area contributed by atoms with E-state index < -0.39 is 54.1 Å². The number of fused-ring (bicyclic) bond motifs is 2. The molecule has 2 rings (SSSR count). The molecule has 4 atom stereocenters. The number of rotatable bonds is 0. The van der Waals surface area contributed by atoms with Gasteiger partial charge in [0, 0.05) is 11.8 Å². The Bertz CT molecular complexity index is 328. The fourth-order valence-electron chi connectivity index (χ4n) is 2.81. The predicted molar refractivity (Wildman–Crippen MR) is 39.9 cm³/mol. The molecule has 2 bridgehead atoms. The number of halogens is 8. The molecule has 0 aromatic rings. The Morgan fingerprint density at radius 2 is 1.00 bits per heavy atom. The number of hydrogen-bond acceptors (Lipinski definition) is 0. The van der Waals surface area contributed by atoms with E-state index in [0.29, 0.717) is 0 Å². The van der Waals surface area contributed by atoms with Gasteiger partial charge in [-0.15, -0.1) is 0 Å². The largest absolute Gasteiger partial charge is 0.393 e. The maximum Gasteiger partial charge on any atom is 0.393 e. The van der Waals surface area contributed by atoms with Crippen LogP contribution in [0.15, 0.2) is 11.7 Å². The Balaban J connectivity index is 2.45. The van der Waals surface area contributed by atoms with Crippen molar-refractivity contribution in [2.75, 3.05) is 0 Å². The van der Waals surface area contributed by atoms with E-state index in [0.717, 1.165) is 0 Å². The maximum atomic E-state index is 13.0. The highest BCUT2D eigenvalue weighted by Gasteiger charge is 2.69. The average Bonchev–Trinajstić information content (AvgIpc) is 2.62. The van der Waals surface area contributed by atoms with Crippen molar-refractivity contribution in [1.82, 2.24) is 0 Å². The molecule has 98 valence electrons. The minimum atomic E-state index is -5.18. The van der Waals surface area contributed by atoms with E-state index in [1.165, 1.54) is 0 Å². The van der Waals surface area contributed by atoms with E-state index in [2.05, 4.69) is 0 Å². The highest BCUT2D eigenvalue weighted by molar-refractivity contribution is 5.25. The van der Waals surface area contributed by atoms with Gasteiger partial charge in [0.1, 0.15) is 11.7 Å². The molecule has 2 aliphatic carbocycles. The lowest BCUT2D eigenvalue weighted by Crippen LogP contribution is -2.42. The number of allylic oxidation sites excluding steroid dienone is 2. The molecule has 17 heavy (non-hydrogen) atoms.